The van der Waals surface area contributed by atoms with Crippen LogP contribution in [0.5, 0.6) is 69.0 Å². The Bertz CT molecular complexity index is 6200. The second kappa shape index (κ2) is 36.7. The van der Waals surface area contributed by atoms with Crippen molar-refractivity contribution in [2.45, 2.75) is 161 Å². The molecule has 708 valence electrons. The predicted octanol–water partition coefficient (Wildman–Crippen LogP) is 2.53. The molecule has 0 saturated heterocycles. The van der Waals surface area contributed by atoms with Crippen LogP contribution in [0, 0.1) is 45.1 Å². The SMILES string of the molecule is C[C@@H]1[C@H](O)[C@@H](O)[C@H](NC(=O)c2ccc(CCl)cc2)[C@@H]2c3cc4c(c(O)c3C(=O)N[C@@H]12)OCO4.C[C@@H]1[C@H](O)[C@@H](O)[C@H](NC(=O)c2cccc(C#N)c2)[C@@H]2c3cc4c(c(O)c3C(=O)N[C@@H]12)OCO4.C[C@@H]1[C@H](O)[C@@H](O)[C@H](NC(=O)c2cccc(CN(C)C)c2)[C@@H]2c3cc4c(c(O)c3C(=O)N[C@@H]12)OCO4.C[C@@H]1[C@H](O)[C@@H](O)[C@H](NC(=O)c2cccc([N+](=O)[O-])c2)[C@@H]2c3cc4c(c(O)c3C(=O)N[C@@H]12)OCO4. The van der Waals surface area contributed by atoms with Crippen molar-refractivity contribution in [1.82, 2.24) is 47.4 Å². The molecule has 135 heavy (non-hydrogen) atoms. The van der Waals surface area contributed by atoms with Gasteiger partial charge in [-0.25, -0.2) is 0 Å². The lowest BCUT2D eigenvalue weighted by Gasteiger charge is -2.50. The minimum absolute atomic E-state index is 0.00186. The molecule has 0 spiro atoms. The van der Waals surface area contributed by atoms with Crippen LogP contribution in [0.4, 0.5) is 5.69 Å². The molecule has 12 aliphatic rings. The number of nitriles is 1. The van der Waals surface area contributed by atoms with Gasteiger partial charge < -0.3 is 147 Å². The van der Waals surface area contributed by atoms with Crippen molar-refractivity contribution in [3.05, 3.63) is 215 Å². The van der Waals surface area contributed by atoms with Crippen LogP contribution in [0.1, 0.15) is 173 Å². The Kier molecular flexibility index (Phi) is 25.2. The summed E-state index contributed by atoms with van der Waals surface area (Å²) in [4.78, 5) is 116. The van der Waals surface area contributed by atoms with Crippen LogP contribution in [0.15, 0.2) is 121 Å². The number of nitrogens with zero attached hydrogens (tertiary/aromatic N) is 3. The molecule has 20 rings (SSSR count). The molecule has 24 atom stereocenters. The second-order valence-electron chi connectivity index (χ2n) is 35.4. The predicted molar refractivity (Wildman–Crippen MR) is 467 cm³/mol. The van der Waals surface area contributed by atoms with Crippen molar-refractivity contribution in [3.8, 4) is 75.1 Å². The van der Waals surface area contributed by atoms with Gasteiger partial charge in [0.05, 0.1) is 87.4 Å². The van der Waals surface area contributed by atoms with Gasteiger partial charge in [-0.1, -0.05) is 64.1 Å². The van der Waals surface area contributed by atoms with Crippen molar-refractivity contribution < 1.29 is 142 Å². The highest BCUT2D eigenvalue weighted by Crippen LogP contribution is 2.57. The Balaban J connectivity index is 0.000000125. The van der Waals surface area contributed by atoms with Crippen molar-refractivity contribution in [3.63, 3.8) is 0 Å². The molecule has 0 unspecified atom stereocenters. The summed E-state index contributed by atoms with van der Waals surface area (Å²) in [5.74, 6) is -9.18. The average molecular weight is 1880 g/mol. The van der Waals surface area contributed by atoms with Gasteiger partial charge in [0.25, 0.3) is 52.9 Å². The minimum Gasteiger partial charge on any atom is -0.504 e. The topological polar surface area (TPSA) is 620 Å². The number of fused-ring (bicyclic) bond motifs is 16. The number of rotatable bonds is 12. The Morgan fingerprint density at radius 1 is 0.415 bits per heavy atom. The number of aliphatic hydroxyl groups is 8. The van der Waals surface area contributed by atoms with Gasteiger partial charge in [0.1, 0.15) is 24.4 Å². The third-order valence-electron chi connectivity index (χ3n) is 27.4. The second-order valence-corrected chi connectivity index (χ2v) is 35.7. The normalized spacial score (nSPS) is 29.2. The number of nitro groups is 1. The first kappa shape index (κ1) is 92.8. The lowest BCUT2D eigenvalue weighted by Crippen LogP contribution is -2.67. The summed E-state index contributed by atoms with van der Waals surface area (Å²) >= 11 is 5.82. The lowest BCUT2D eigenvalue weighted by atomic mass is 9.66. The fourth-order valence-corrected chi connectivity index (χ4v) is 20.7. The van der Waals surface area contributed by atoms with E-state index in [2.05, 4.69) is 42.5 Å². The highest BCUT2D eigenvalue weighted by molar-refractivity contribution is 6.17. The van der Waals surface area contributed by atoms with Gasteiger partial charge in [-0.05, 0) is 120 Å². The molecular formula is C93H94ClN11O30. The number of ether oxygens (including phenoxy) is 8. The smallest absolute Gasteiger partial charge is 0.270 e. The molecule has 4 saturated carbocycles. The molecule has 8 amide bonds. The zero-order valence-corrected chi connectivity index (χ0v) is 73.3. The Morgan fingerprint density at radius 3 is 1.01 bits per heavy atom. The molecule has 8 aromatic carbocycles. The molecule has 8 heterocycles. The van der Waals surface area contributed by atoms with E-state index in [1.165, 1.54) is 36.4 Å². The monoisotopic (exact) mass is 1880 g/mol. The highest BCUT2D eigenvalue weighted by atomic mass is 35.5. The molecule has 41 nitrogen and oxygen atoms in total. The Morgan fingerprint density at radius 2 is 0.711 bits per heavy atom. The number of nitro benzene ring substituents is 1. The van der Waals surface area contributed by atoms with E-state index in [0.29, 0.717) is 51.4 Å². The number of carbonyl (C=O) groups is 8. The number of benzene rings is 8. The van der Waals surface area contributed by atoms with Crippen LogP contribution in [0.3, 0.4) is 0 Å². The number of nitrogens with one attached hydrogen (secondary N) is 8. The van der Waals surface area contributed by atoms with Crippen LogP contribution < -0.4 is 80.4 Å². The number of carbonyl (C=O) groups excluding carboxylic acids is 8. The highest BCUT2D eigenvalue weighted by Gasteiger charge is 2.59. The third-order valence-corrected chi connectivity index (χ3v) is 27.7. The summed E-state index contributed by atoms with van der Waals surface area (Å²) in [5, 5.41) is 172. The van der Waals surface area contributed by atoms with Gasteiger partial charge >= 0.3 is 0 Å². The van der Waals surface area contributed by atoms with E-state index in [1.54, 1.807) is 100 Å². The van der Waals surface area contributed by atoms with E-state index in [4.69, 9.17) is 54.8 Å². The largest absolute Gasteiger partial charge is 0.504 e. The molecule has 0 radical (unpaired) electrons. The maximum atomic E-state index is 13.3. The van der Waals surface area contributed by atoms with E-state index in [9.17, 15) is 110 Å². The number of hydrogen-bond donors (Lipinski definition) is 20. The number of phenolic OH excluding ortho intramolecular Hbond substituents is 4. The third kappa shape index (κ3) is 16.5. The summed E-state index contributed by atoms with van der Waals surface area (Å²) < 4.78 is 42.8. The number of aliphatic hydroxyl groups excluding tert-OH is 8. The maximum Gasteiger partial charge on any atom is 0.270 e. The van der Waals surface area contributed by atoms with Crippen LogP contribution >= 0.6 is 11.6 Å². The van der Waals surface area contributed by atoms with Crippen LogP contribution in [-0.2, 0) is 12.4 Å². The first-order chi connectivity index (χ1) is 64.5. The van der Waals surface area contributed by atoms with Gasteiger partial charge in [-0.3, -0.25) is 48.5 Å². The summed E-state index contributed by atoms with van der Waals surface area (Å²) in [6.07, 6.45) is -10.3. The van der Waals surface area contributed by atoms with Crippen molar-refractivity contribution in [2.75, 3.05) is 41.3 Å². The van der Waals surface area contributed by atoms with Crippen LogP contribution in [0.2, 0.25) is 0 Å². The fraction of sp³-hybridized carbons (Fsp3) is 0.387. The standard InChI is InChI=1S/C25H29N3O7.C23H23ClN2O7.C23H21N3O7.C22H21N3O9/c1-11-18-16(14-8-15-23(35-10-34-15)21(30)17(14)25(33)26-18)19(22(31)20(11)29)27-24(32)13-6-4-5-12(7-13)9-28(2)3;1-9-16-14(12-6-13-21(33-8-32-13)19(28)15(12)23(31)25-16)17(20(29)18(9)27)26-22(30)11-4-2-10(7-24)3-5-11;1-9-16-14(12-6-13-21(33-8-32-13)19(28)15(12)23(31)25-16)17(20(29)18(9)27)26-22(30)11-4-2-3-10(5-11)7-24;1-8-15-13(11-6-12-20(34-7-33-12)18(27)14(11)22(30)23-15)16(19(28)17(8)26)24-21(29)9-3-2-4-10(5-9)25(31)32/h4-8,11,16,18-20,22,29-31H,9-10H2,1-3H3,(H,26,33)(H,27,32);2-6,9,14,16-18,20,27-29H,7-8H2,1H3,(H,25,31)(H,26,30);2-6,9,14,16-18,20,27-29H,8H2,1H3,(H,25,31)(H,26,30);2-6,8,13,15-17,19,26-28H,7H2,1H3,(H,23,30)(H,24,29)/t11-,16+,18-,19+,20-,22-;2*9-,14+,16-,17+,18-,20-;8-,13+,15-,16+,17-,19-/m0000/s1. The van der Waals surface area contributed by atoms with Crippen molar-refractivity contribution >= 4 is 64.5 Å². The molecule has 8 aliphatic heterocycles. The summed E-state index contributed by atoms with van der Waals surface area (Å²) in [5.41, 5.74) is 4.22. The number of phenols is 4. The zero-order valence-electron chi connectivity index (χ0n) is 72.6. The van der Waals surface area contributed by atoms with Gasteiger partial charge in [0.15, 0.2) is 46.0 Å². The van der Waals surface area contributed by atoms with E-state index >= 15 is 0 Å². The lowest BCUT2D eigenvalue weighted by molar-refractivity contribution is -0.384. The fourth-order valence-electron chi connectivity index (χ4n) is 20.6. The van der Waals surface area contributed by atoms with Crippen molar-refractivity contribution in [1.29, 1.82) is 5.26 Å². The number of halogens is 1. The number of non-ortho nitro benzene ring substituents is 1. The van der Waals surface area contributed by atoms with Crippen molar-refractivity contribution in [2.24, 2.45) is 23.7 Å². The van der Waals surface area contributed by atoms with E-state index in [-0.39, 0.29) is 129 Å². The zero-order chi connectivity index (χ0) is 96.2. The Labute approximate surface area is 771 Å². The molecule has 0 bridgehead atoms. The van der Waals surface area contributed by atoms with Gasteiger partial charge in [0, 0.05) is 118 Å². The summed E-state index contributed by atoms with van der Waals surface area (Å²) in [7, 11) is 3.87. The van der Waals surface area contributed by atoms with Gasteiger partial charge in [0.2, 0.25) is 50.2 Å². The summed E-state index contributed by atoms with van der Waals surface area (Å²) in [6, 6.07) is 26.7. The van der Waals surface area contributed by atoms with Gasteiger partial charge in [-0.2, -0.15) is 5.26 Å². The molecule has 20 N–H and O–H groups in total. The minimum atomic E-state index is -1.44. The molecule has 8 aromatic rings. The van der Waals surface area contributed by atoms with E-state index in [0.717, 1.165) is 17.2 Å². The van der Waals surface area contributed by atoms with Crippen LogP contribution in [-0.4, -0.2) is 257 Å². The molecule has 4 fully saturated rings. The molecule has 42 heteroatoms. The first-order valence-electron chi connectivity index (χ1n) is 43.2. The van der Waals surface area contributed by atoms with E-state index < -0.39 is 202 Å². The average Bonchev–Trinajstić information content (AvgIpc) is 1.72. The maximum absolute atomic E-state index is 13.3. The number of aromatic hydroxyl groups is 4. The first-order valence-corrected chi connectivity index (χ1v) is 43.7. The number of amides is 8. The van der Waals surface area contributed by atoms with E-state index in [1.807, 2.05) is 31.1 Å². The van der Waals surface area contributed by atoms with Crippen LogP contribution in [0.25, 0.3) is 0 Å². The number of hydrogen-bond acceptors (Lipinski definition) is 32. The Hall–Kier alpha value is -14.1. The summed E-state index contributed by atoms with van der Waals surface area (Å²) in [6.45, 7) is 6.99. The molecule has 4 aliphatic carbocycles. The molecular weight excluding hydrogens is 1790 g/mol. The quantitative estimate of drug-likeness (QED) is 0.0475. The number of alkyl halides is 1. The molecule has 0 aromatic heterocycles. The van der Waals surface area contributed by atoms with Gasteiger partial charge in [-0.15, -0.1) is 11.6 Å².